The molecule has 4 aliphatic rings. The molecule has 3 aliphatic heterocycles. The van der Waals surface area contributed by atoms with E-state index in [-0.39, 0.29) is 74.8 Å². The van der Waals surface area contributed by atoms with Crippen LogP contribution in [0.25, 0.3) is 0 Å². The number of ether oxygens (including phenoxy) is 6. The Morgan fingerprint density at radius 1 is 0.846 bits per heavy atom. The number of fused-ring (bicyclic) bond motifs is 3. The summed E-state index contributed by atoms with van der Waals surface area (Å²) >= 11 is 0. The van der Waals surface area contributed by atoms with Gasteiger partial charge in [0.05, 0.1) is 58.8 Å². The number of piperidine rings is 1. The fourth-order valence-corrected chi connectivity index (χ4v) is 11.8. The molecule has 2 bridgehead atoms. The van der Waals surface area contributed by atoms with Crippen LogP contribution in [0.3, 0.4) is 0 Å². The number of ketones is 3. The van der Waals surface area contributed by atoms with Gasteiger partial charge in [-0.1, -0.05) is 71.1 Å². The molecule has 0 aromatic rings. The Labute approximate surface area is 464 Å². The molecule has 1 saturated carbocycles. The average molecular weight is 1120 g/mol. The zero-order valence-corrected chi connectivity index (χ0v) is 49.8. The van der Waals surface area contributed by atoms with Gasteiger partial charge in [0.15, 0.2) is 5.78 Å². The number of phosphoric ester groups is 1. The van der Waals surface area contributed by atoms with Crippen molar-refractivity contribution in [1.29, 1.82) is 0 Å². The van der Waals surface area contributed by atoms with Crippen LogP contribution >= 0.6 is 7.82 Å². The van der Waals surface area contributed by atoms with E-state index in [0.29, 0.717) is 80.8 Å². The molecule has 1 aliphatic carbocycles. The highest BCUT2D eigenvalue weighted by Gasteiger charge is 2.53. The number of aliphatic hydroxyl groups is 2. The number of Topliss-reactive ketones (excluding diaryl/α,β-unsaturated/α-hetero) is 3. The van der Waals surface area contributed by atoms with Crippen LogP contribution in [0.5, 0.6) is 0 Å². The number of carbonyl (C=O) groups excluding carboxylic acids is 5. The number of phosphoric acid groups is 1. The first-order valence-electron chi connectivity index (χ1n) is 28.2. The Bertz CT molecular complexity index is 2160. The summed E-state index contributed by atoms with van der Waals surface area (Å²) in [6.07, 6.45) is 10.8. The van der Waals surface area contributed by atoms with E-state index in [9.17, 15) is 43.6 Å². The molecule has 2 N–H and O–H groups in total. The molecule has 78 heavy (non-hydrogen) atoms. The third-order valence-electron chi connectivity index (χ3n) is 16.1. The lowest BCUT2D eigenvalue weighted by atomic mass is 9.78. The van der Waals surface area contributed by atoms with Gasteiger partial charge in [-0.15, -0.1) is 0 Å². The Hall–Kier alpha value is -3.30. The summed E-state index contributed by atoms with van der Waals surface area (Å²) in [5, 5.41) is 23.6. The lowest BCUT2D eigenvalue weighted by molar-refractivity contribution is -0.870. The maximum atomic E-state index is 14.6. The van der Waals surface area contributed by atoms with Crippen molar-refractivity contribution in [3.8, 4) is 0 Å². The smallest absolute Gasteiger partial charge is 0.329 e. The predicted octanol–water partition coefficient (Wildman–Crippen LogP) is 6.41. The molecule has 19 nitrogen and oxygen atoms in total. The number of quaternary nitrogens is 1. The molecule has 1 unspecified atom stereocenters. The van der Waals surface area contributed by atoms with E-state index < -0.39 is 91.5 Å². The summed E-state index contributed by atoms with van der Waals surface area (Å²) in [6, 6.07) is -1.19. The van der Waals surface area contributed by atoms with Crippen molar-refractivity contribution in [3.63, 3.8) is 0 Å². The van der Waals surface area contributed by atoms with Gasteiger partial charge in [-0.25, -0.2) is 4.79 Å². The topological polar surface area (TPSA) is 243 Å². The molecule has 0 aromatic carbocycles. The van der Waals surface area contributed by atoms with Gasteiger partial charge in [-0.3, -0.25) is 23.7 Å². The minimum atomic E-state index is -4.53. The van der Waals surface area contributed by atoms with Gasteiger partial charge in [0.2, 0.25) is 5.79 Å². The standard InChI is InChI=1S/C58H95N2O17P/c1-37-19-15-14-16-20-38(2)49(70-11)35-45-24-22-43(7)58(67,77-45)55(64)56(65)59-26-18-17-21-46(59)57(66)76-50(36-47(61)39(3)32-42(6)53(63)54(72-13)52(62)41(5)31-37)40(4)33-44-23-25-48(51(34-44)71-12)73-29-30-75-78(68,69)74-28-27-60(8,9)10/h14-16,19-20,32,37,39-41,43-46,48-51,53-54,63,67H,17-18,21-31,33-36H2,1-13H3/b16-14+,19-15+,38-20+,42-32+/t37-,39+,40+,41-,43+,44-,45-,46-,48+,49-,50-,51-,53+,54+,58+/m0/s1. The van der Waals surface area contributed by atoms with Crippen molar-refractivity contribution in [2.45, 2.75) is 180 Å². The van der Waals surface area contributed by atoms with Crippen LogP contribution in [0.2, 0.25) is 0 Å². The predicted molar refractivity (Wildman–Crippen MR) is 291 cm³/mol. The number of amides is 1. The van der Waals surface area contributed by atoms with Crippen molar-refractivity contribution in [2.24, 2.45) is 35.5 Å². The van der Waals surface area contributed by atoms with Gasteiger partial charge < -0.3 is 62.0 Å². The maximum Gasteiger partial charge on any atom is 0.329 e. The Morgan fingerprint density at radius 2 is 1.55 bits per heavy atom. The minimum absolute atomic E-state index is 0.00477. The lowest BCUT2D eigenvalue weighted by Crippen LogP contribution is -2.61. The summed E-state index contributed by atoms with van der Waals surface area (Å²) in [4.78, 5) is 85.0. The summed E-state index contributed by atoms with van der Waals surface area (Å²) in [6.45, 7) is 12.8. The highest BCUT2D eigenvalue weighted by atomic mass is 31.2. The zero-order chi connectivity index (χ0) is 58.1. The number of hydrogen-bond acceptors (Lipinski definition) is 17. The number of esters is 1. The zero-order valence-electron chi connectivity index (χ0n) is 48.9. The molecule has 4 rings (SSSR count). The van der Waals surface area contributed by atoms with Gasteiger partial charge in [-0.05, 0) is 107 Å². The highest BCUT2D eigenvalue weighted by Crippen LogP contribution is 2.40. The molecule has 20 heteroatoms. The molecular formula is C58H95N2O17P. The summed E-state index contributed by atoms with van der Waals surface area (Å²) in [7, 11) is 5.75. The van der Waals surface area contributed by atoms with Crippen LogP contribution < -0.4 is 4.89 Å². The molecule has 0 spiro atoms. The number of nitrogens with zero attached hydrogens (tertiary/aromatic N) is 2. The van der Waals surface area contributed by atoms with E-state index in [1.54, 1.807) is 48.0 Å². The Balaban J connectivity index is 1.62. The lowest BCUT2D eigenvalue weighted by Gasteiger charge is -2.42. The van der Waals surface area contributed by atoms with Crippen LogP contribution in [-0.4, -0.2) is 179 Å². The van der Waals surface area contributed by atoms with Crippen LogP contribution in [-0.2, 0) is 66.0 Å². The minimum Gasteiger partial charge on any atom is -0.756 e. The van der Waals surface area contributed by atoms with Gasteiger partial charge in [-0.2, -0.15) is 0 Å². The molecule has 0 radical (unpaired) electrons. The van der Waals surface area contributed by atoms with Crippen molar-refractivity contribution in [1.82, 2.24) is 4.90 Å². The quantitative estimate of drug-likeness (QED) is 0.0449. The molecular weight excluding hydrogens is 1030 g/mol. The van der Waals surface area contributed by atoms with Crippen molar-refractivity contribution in [3.05, 3.63) is 47.6 Å². The SMILES string of the molecule is CO[C@H]1C[C@@H]2CC[C@@H](C)[C@@](O)(O2)C(=O)C(=O)N2CCCC[C@H]2C(=O)O[C@H]([C@H](C)C[C@@H]2CC[C@@H](OCCOP(=O)([O-])OCC[N+](C)(C)C)[C@@H](OC)C2)CC(=O)[C@H](C)/C=C(\C)[C@@H](O)[C@H](OC)C(=O)[C@@H](C)C[C@@H](C)/C=C/C=C/C=C/1C. The van der Waals surface area contributed by atoms with Crippen LogP contribution in [0.1, 0.15) is 126 Å². The molecule has 3 fully saturated rings. The first-order chi connectivity index (χ1) is 36.6. The van der Waals surface area contributed by atoms with E-state index in [1.807, 2.05) is 72.3 Å². The van der Waals surface area contributed by atoms with Crippen LogP contribution in [0, 0.1) is 35.5 Å². The van der Waals surface area contributed by atoms with Crippen molar-refractivity contribution in [2.75, 3.05) is 75.4 Å². The third-order valence-corrected chi connectivity index (χ3v) is 17.1. The fourth-order valence-electron chi connectivity index (χ4n) is 11.1. The first-order valence-corrected chi connectivity index (χ1v) is 29.6. The number of carbonyl (C=O) groups is 5. The fraction of sp³-hybridized carbons (Fsp3) is 0.776. The molecule has 1 amide bonds. The Kier molecular flexibility index (Phi) is 26.9. The number of methoxy groups -OCH3 is 3. The number of cyclic esters (lactones) is 1. The monoisotopic (exact) mass is 1120 g/mol. The molecule has 2 saturated heterocycles. The van der Waals surface area contributed by atoms with Crippen LogP contribution in [0.15, 0.2) is 47.6 Å². The van der Waals surface area contributed by atoms with Gasteiger partial charge >= 0.3 is 5.97 Å². The highest BCUT2D eigenvalue weighted by molar-refractivity contribution is 7.45. The Morgan fingerprint density at radius 3 is 2.22 bits per heavy atom. The largest absolute Gasteiger partial charge is 0.756 e. The molecule has 16 atom stereocenters. The third kappa shape index (κ3) is 20.0. The number of rotatable bonds is 15. The average Bonchev–Trinajstić information content (AvgIpc) is 3.38. The normalized spacial score (nSPS) is 36.7. The van der Waals surface area contributed by atoms with E-state index >= 15 is 0 Å². The summed E-state index contributed by atoms with van der Waals surface area (Å²) in [5.41, 5.74) is 1.22. The van der Waals surface area contributed by atoms with E-state index in [2.05, 4.69) is 0 Å². The van der Waals surface area contributed by atoms with Crippen molar-refractivity contribution >= 4 is 37.0 Å². The van der Waals surface area contributed by atoms with E-state index in [4.69, 9.17) is 37.5 Å². The van der Waals surface area contributed by atoms with Gasteiger partial charge in [0.25, 0.3) is 19.5 Å². The number of aliphatic hydroxyl groups excluding tert-OH is 1. The van der Waals surface area contributed by atoms with Gasteiger partial charge in [0, 0.05) is 58.5 Å². The number of hydrogen-bond donors (Lipinski definition) is 2. The molecule has 444 valence electrons. The molecule has 0 aromatic heterocycles. The summed E-state index contributed by atoms with van der Waals surface area (Å²) in [5.74, 6) is -8.43. The molecule has 3 heterocycles. The maximum absolute atomic E-state index is 14.6. The van der Waals surface area contributed by atoms with E-state index in [0.717, 1.165) is 5.57 Å². The first kappa shape index (κ1) is 67.2. The van der Waals surface area contributed by atoms with Gasteiger partial charge in [0.1, 0.15) is 43.3 Å². The number of likely N-dealkylation sites (N-methyl/N-ethyl adjacent to an activating group) is 1. The summed E-state index contributed by atoms with van der Waals surface area (Å²) < 4.78 is 58.8. The second-order valence-electron chi connectivity index (χ2n) is 23.6. The van der Waals surface area contributed by atoms with E-state index in [1.165, 1.54) is 12.0 Å². The van der Waals surface area contributed by atoms with Crippen LogP contribution in [0.4, 0.5) is 0 Å². The number of allylic oxidation sites excluding steroid dienone is 6. The van der Waals surface area contributed by atoms with Crippen molar-refractivity contribution < 1.29 is 85.6 Å². The second kappa shape index (κ2) is 31.2. The second-order valence-corrected chi connectivity index (χ2v) is 25.0.